The zero-order chi connectivity index (χ0) is 28.4. The van der Waals surface area contributed by atoms with Crippen molar-refractivity contribution in [2.75, 3.05) is 20.7 Å². The second kappa shape index (κ2) is 13.2. The number of likely N-dealkylation sites (N-methyl/N-ethyl adjacent to an activating group) is 2. The van der Waals surface area contributed by atoms with Gasteiger partial charge in [0.15, 0.2) is 12.5 Å². The molecular weight excluding hydrogens is 531 g/mol. The van der Waals surface area contributed by atoms with Crippen molar-refractivity contribution in [1.82, 2.24) is 31.9 Å². The van der Waals surface area contributed by atoms with Gasteiger partial charge in [0.05, 0.1) is 30.8 Å². The van der Waals surface area contributed by atoms with E-state index in [1.165, 1.54) is 37.5 Å². The van der Waals surface area contributed by atoms with E-state index >= 15 is 0 Å². The van der Waals surface area contributed by atoms with Gasteiger partial charge in [0, 0.05) is 20.5 Å². The molecule has 3 fully saturated rings. The molecular formula is C20H37F5N6O7. The van der Waals surface area contributed by atoms with Crippen molar-refractivity contribution >= 4 is 0 Å². The number of ether oxygens (including phenoxy) is 3. The number of hydrogen-bond acceptors (Lipinski definition) is 13. The molecule has 0 spiro atoms. The molecule has 0 saturated carbocycles. The summed E-state index contributed by atoms with van der Waals surface area (Å²) in [6.45, 7) is 2.27. The SMILES string of the molecule is CC(C1CCC(NF)C(OC2C(NF)CC(NF)N(OC3OCC(C)(O)C(N(C)F)C3O)C2O)O1)N(C)F. The van der Waals surface area contributed by atoms with Crippen LogP contribution in [0.1, 0.15) is 33.1 Å². The van der Waals surface area contributed by atoms with Gasteiger partial charge in [-0.05, 0) is 26.7 Å². The molecule has 0 radical (unpaired) electrons. The minimum Gasteiger partial charge on any atom is -0.386 e. The third kappa shape index (κ3) is 6.70. The van der Waals surface area contributed by atoms with Gasteiger partial charge in [-0.25, -0.2) is 0 Å². The lowest BCUT2D eigenvalue weighted by molar-refractivity contribution is -0.413. The fraction of sp³-hybridized carbons (Fsp3) is 1.00. The zero-order valence-corrected chi connectivity index (χ0v) is 21.4. The number of piperidine rings is 1. The Bertz CT molecular complexity index is 752. The Morgan fingerprint density at radius 2 is 1.71 bits per heavy atom. The van der Waals surface area contributed by atoms with E-state index in [1.54, 1.807) is 0 Å². The molecule has 12 unspecified atom stereocenters. The first-order valence-electron chi connectivity index (χ1n) is 12.2. The lowest BCUT2D eigenvalue weighted by Crippen LogP contribution is -2.69. The van der Waals surface area contributed by atoms with Crippen LogP contribution in [0.25, 0.3) is 0 Å². The third-order valence-corrected chi connectivity index (χ3v) is 7.32. The summed E-state index contributed by atoms with van der Waals surface area (Å²) >= 11 is 0. The second-order valence-electron chi connectivity index (χ2n) is 10.2. The van der Waals surface area contributed by atoms with Gasteiger partial charge in [-0.1, -0.05) is 0 Å². The van der Waals surface area contributed by atoms with Crippen molar-refractivity contribution in [3.8, 4) is 0 Å². The van der Waals surface area contributed by atoms with Crippen LogP contribution in [0.2, 0.25) is 0 Å². The molecule has 0 amide bonds. The maximum Gasteiger partial charge on any atom is 0.205 e. The number of aliphatic hydroxyl groups excluding tert-OH is 2. The number of nitrogens with one attached hydrogen (secondary N) is 3. The second-order valence-corrected chi connectivity index (χ2v) is 10.2. The standard InChI is InChI=1S/C20H37F5N6O7/c1-9(29(3)24)12-6-5-10(26-21)18(36-12)37-15-11(27-22)7-13(28-23)31(17(15)33)38-19-14(32)16(30(4)25)20(2,34)8-35-19/h9-19,26-28,32-34H,5-8H2,1-4H3. The predicted molar refractivity (Wildman–Crippen MR) is 118 cm³/mol. The van der Waals surface area contributed by atoms with Gasteiger partial charge in [-0.15, -0.1) is 43.3 Å². The Hall–Kier alpha value is -0.870. The Kier molecular flexibility index (Phi) is 11.0. The molecule has 12 atom stereocenters. The molecule has 0 aromatic rings. The van der Waals surface area contributed by atoms with E-state index in [9.17, 15) is 37.7 Å². The van der Waals surface area contributed by atoms with Gasteiger partial charge in [0.25, 0.3) is 0 Å². The average molecular weight is 569 g/mol. The summed E-state index contributed by atoms with van der Waals surface area (Å²) in [6.07, 6.45) is -10.8. The first kappa shape index (κ1) is 31.7. The maximum absolute atomic E-state index is 14.1. The number of halogens is 5. The van der Waals surface area contributed by atoms with Gasteiger partial charge < -0.3 is 29.5 Å². The highest BCUT2D eigenvalue weighted by Gasteiger charge is 2.53. The van der Waals surface area contributed by atoms with E-state index in [0.717, 1.165) is 7.05 Å². The molecule has 6 N–H and O–H groups in total. The molecule has 3 aliphatic rings. The number of aliphatic hydroxyl groups is 3. The van der Waals surface area contributed by atoms with Crippen molar-refractivity contribution in [3.63, 3.8) is 0 Å². The Morgan fingerprint density at radius 1 is 1.05 bits per heavy atom. The molecule has 3 aliphatic heterocycles. The average Bonchev–Trinajstić information content (AvgIpc) is 2.86. The molecule has 224 valence electrons. The molecule has 0 aromatic heterocycles. The van der Waals surface area contributed by atoms with Gasteiger partial charge in [-0.2, -0.15) is 11.1 Å². The summed E-state index contributed by atoms with van der Waals surface area (Å²) < 4.78 is 85.5. The van der Waals surface area contributed by atoms with E-state index in [2.05, 4.69) is 0 Å². The van der Waals surface area contributed by atoms with Crippen molar-refractivity contribution in [2.24, 2.45) is 0 Å². The van der Waals surface area contributed by atoms with Crippen molar-refractivity contribution in [2.45, 2.75) is 106 Å². The van der Waals surface area contributed by atoms with Crippen LogP contribution in [0, 0.1) is 0 Å². The van der Waals surface area contributed by atoms with Crippen LogP contribution in [0.3, 0.4) is 0 Å². The van der Waals surface area contributed by atoms with Crippen molar-refractivity contribution in [3.05, 3.63) is 0 Å². The smallest absolute Gasteiger partial charge is 0.205 e. The Morgan fingerprint density at radius 3 is 2.26 bits per heavy atom. The Balaban J connectivity index is 1.79. The minimum absolute atomic E-state index is 0.0623. The Labute approximate surface area is 216 Å². The number of hydrogen-bond donors (Lipinski definition) is 6. The summed E-state index contributed by atoms with van der Waals surface area (Å²) in [5.41, 5.74) is 2.44. The van der Waals surface area contributed by atoms with Gasteiger partial charge in [0.2, 0.25) is 6.29 Å². The van der Waals surface area contributed by atoms with E-state index in [4.69, 9.17) is 19.0 Å². The number of nitrogens with zero attached hydrogens (tertiary/aromatic N) is 3. The molecule has 3 heterocycles. The summed E-state index contributed by atoms with van der Waals surface area (Å²) in [4.78, 5) is 5.48. The minimum atomic E-state index is -1.98. The molecule has 38 heavy (non-hydrogen) atoms. The summed E-state index contributed by atoms with van der Waals surface area (Å²) in [5.74, 6) is 0. The summed E-state index contributed by atoms with van der Waals surface area (Å²) in [5, 5.41) is 33.1. The van der Waals surface area contributed by atoms with Crippen LogP contribution in [0.15, 0.2) is 0 Å². The monoisotopic (exact) mass is 568 g/mol. The number of hydroxylamine groups is 2. The first-order chi connectivity index (χ1) is 17.9. The van der Waals surface area contributed by atoms with E-state index < -0.39 is 86.1 Å². The molecule has 0 aromatic carbocycles. The lowest BCUT2D eigenvalue weighted by Gasteiger charge is -2.50. The zero-order valence-electron chi connectivity index (χ0n) is 21.4. The number of rotatable bonds is 10. The van der Waals surface area contributed by atoms with Crippen LogP contribution < -0.4 is 16.6 Å². The lowest BCUT2D eigenvalue weighted by atomic mass is 9.90. The topological polar surface area (TPSA) is 143 Å². The fourth-order valence-corrected chi connectivity index (χ4v) is 5.06. The molecule has 18 heteroatoms. The van der Waals surface area contributed by atoms with E-state index in [-0.39, 0.29) is 18.0 Å². The van der Waals surface area contributed by atoms with Gasteiger partial charge in [0.1, 0.15) is 30.0 Å². The largest absolute Gasteiger partial charge is 0.386 e. The fourth-order valence-electron chi connectivity index (χ4n) is 5.06. The first-order valence-corrected chi connectivity index (χ1v) is 12.2. The van der Waals surface area contributed by atoms with Crippen LogP contribution >= 0.6 is 0 Å². The molecule has 0 bridgehead atoms. The van der Waals surface area contributed by atoms with Gasteiger partial charge >= 0.3 is 0 Å². The summed E-state index contributed by atoms with van der Waals surface area (Å²) in [7, 11) is 2.14. The van der Waals surface area contributed by atoms with Crippen molar-refractivity contribution in [1.29, 1.82) is 0 Å². The third-order valence-electron chi connectivity index (χ3n) is 7.32. The molecule has 13 nitrogen and oxygen atoms in total. The van der Waals surface area contributed by atoms with E-state index in [1.807, 2.05) is 0 Å². The highest BCUT2D eigenvalue weighted by Crippen LogP contribution is 2.34. The molecule has 3 rings (SSSR count). The predicted octanol–water partition coefficient (Wildman–Crippen LogP) is -0.824. The quantitative estimate of drug-likeness (QED) is 0.144. The van der Waals surface area contributed by atoms with Crippen LogP contribution in [-0.2, 0) is 19.0 Å². The highest BCUT2D eigenvalue weighted by molar-refractivity contribution is 4.97. The highest BCUT2D eigenvalue weighted by atomic mass is 19.2. The molecule has 3 saturated heterocycles. The van der Waals surface area contributed by atoms with E-state index in [0.29, 0.717) is 10.2 Å². The van der Waals surface area contributed by atoms with Crippen molar-refractivity contribution < 1.29 is 56.8 Å². The van der Waals surface area contributed by atoms with Crippen LogP contribution in [-0.4, -0.2) is 124 Å². The van der Waals surface area contributed by atoms with Crippen LogP contribution in [0.4, 0.5) is 22.4 Å². The normalized spacial score (nSPS) is 44.1. The summed E-state index contributed by atoms with van der Waals surface area (Å²) in [6, 6.07) is -4.69. The van der Waals surface area contributed by atoms with Crippen LogP contribution in [0.5, 0.6) is 0 Å². The van der Waals surface area contributed by atoms with Gasteiger partial charge in [-0.3, -0.25) is 4.84 Å². The maximum atomic E-state index is 14.1. The molecule has 0 aliphatic carbocycles.